The van der Waals surface area contributed by atoms with Gasteiger partial charge in [-0.05, 0) is 22.4 Å². The summed E-state index contributed by atoms with van der Waals surface area (Å²) in [6.45, 7) is 0. The van der Waals surface area contributed by atoms with Gasteiger partial charge in [0.25, 0.3) is 5.69 Å². The number of nitro benzene ring substituents is 1. The van der Waals surface area contributed by atoms with Crippen LogP contribution in [0.2, 0.25) is 0 Å². The highest BCUT2D eigenvalue weighted by atomic mass is 16.6. The number of fused-ring (bicyclic) bond motifs is 1. The minimum Gasteiger partial charge on any atom is -0.508 e. The first-order chi connectivity index (χ1) is 12.5. The number of carbonyl (C=O) groups is 1. The molecule has 7 heteroatoms. The Balaban J connectivity index is 2.23. The Hall–Kier alpha value is -3.61. The van der Waals surface area contributed by atoms with Crippen molar-refractivity contribution in [1.82, 2.24) is 10.6 Å². The van der Waals surface area contributed by atoms with Crippen LogP contribution in [-0.2, 0) is 0 Å². The molecule has 0 aliphatic rings. The van der Waals surface area contributed by atoms with Crippen LogP contribution in [0.4, 0.5) is 10.5 Å². The van der Waals surface area contributed by atoms with Crippen LogP contribution < -0.4 is 10.6 Å². The fourth-order valence-corrected chi connectivity index (χ4v) is 2.93. The van der Waals surface area contributed by atoms with Gasteiger partial charge in [-0.1, -0.05) is 42.5 Å². The fourth-order valence-electron chi connectivity index (χ4n) is 2.93. The van der Waals surface area contributed by atoms with Crippen molar-refractivity contribution in [3.05, 3.63) is 81.9 Å². The van der Waals surface area contributed by atoms with Gasteiger partial charge in [-0.3, -0.25) is 10.1 Å². The first-order valence-electron chi connectivity index (χ1n) is 7.94. The first kappa shape index (κ1) is 17.2. The Morgan fingerprint density at radius 3 is 2.62 bits per heavy atom. The van der Waals surface area contributed by atoms with E-state index in [-0.39, 0.29) is 11.4 Å². The number of nitrogens with one attached hydrogen (secondary N) is 2. The largest absolute Gasteiger partial charge is 0.508 e. The molecule has 0 bridgehead atoms. The molecule has 3 aromatic rings. The van der Waals surface area contributed by atoms with E-state index in [1.165, 1.54) is 19.2 Å². The van der Waals surface area contributed by atoms with Gasteiger partial charge in [0.05, 0.1) is 11.0 Å². The molecule has 0 saturated carbocycles. The Bertz CT molecular complexity index is 987. The normalized spacial score (nSPS) is 11.7. The molecule has 0 aliphatic carbocycles. The van der Waals surface area contributed by atoms with Crippen LogP contribution in [0.3, 0.4) is 0 Å². The molecule has 0 radical (unpaired) electrons. The third kappa shape index (κ3) is 3.27. The van der Waals surface area contributed by atoms with Crippen LogP contribution >= 0.6 is 0 Å². The van der Waals surface area contributed by atoms with Gasteiger partial charge < -0.3 is 15.7 Å². The standard InChI is InChI=1S/C19H17N3O4/c1-20-19(24)21-18(13-6-4-7-14(11-13)22(25)26)17-15-8-3-2-5-12(15)9-10-16(17)23/h2-11,18,23H,1H3,(H2,20,21,24). The lowest BCUT2D eigenvalue weighted by Crippen LogP contribution is -2.36. The molecule has 26 heavy (non-hydrogen) atoms. The predicted molar refractivity (Wildman–Crippen MR) is 98.1 cm³/mol. The second kappa shape index (κ2) is 7.10. The number of nitrogens with zero attached hydrogens (tertiary/aromatic N) is 1. The monoisotopic (exact) mass is 351 g/mol. The highest BCUT2D eigenvalue weighted by molar-refractivity contribution is 5.89. The zero-order chi connectivity index (χ0) is 18.7. The Morgan fingerprint density at radius 2 is 1.88 bits per heavy atom. The Kier molecular flexibility index (Phi) is 4.70. The van der Waals surface area contributed by atoms with Gasteiger partial charge >= 0.3 is 6.03 Å². The van der Waals surface area contributed by atoms with E-state index in [2.05, 4.69) is 10.6 Å². The minimum atomic E-state index is -0.763. The first-order valence-corrected chi connectivity index (χ1v) is 7.94. The fraction of sp³-hybridized carbons (Fsp3) is 0.105. The third-order valence-electron chi connectivity index (χ3n) is 4.15. The van der Waals surface area contributed by atoms with Crippen molar-refractivity contribution in [1.29, 1.82) is 0 Å². The number of nitro groups is 1. The van der Waals surface area contributed by atoms with Gasteiger partial charge in [-0.2, -0.15) is 0 Å². The number of aromatic hydroxyl groups is 1. The number of hydrogen-bond donors (Lipinski definition) is 3. The van der Waals surface area contributed by atoms with Crippen LogP contribution in [-0.4, -0.2) is 23.1 Å². The number of rotatable bonds is 4. The lowest BCUT2D eigenvalue weighted by atomic mass is 9.92. The maximum Gasteiger partial charge on any atom is 0.315 e. The van der Waals surface area contributed by atoms with Gasteiger partial charge in [0.15, 0.2) is 0 Å². The zero-order valence-corrected chi connectivity index (χ0v) is 14.0. The molecule has 3 rings (SSSR count). The van der Waals surface area contributed by atoms with Crippen molar-refractivity contribution in [3.8, 4) is 5.75 Å². The molecule has 0 heterocycles. The van der Waals surface area contributed by atoms with Crippen LogP contribution in [0.5, 0.6) is 5.75 Å². The summed E-state index contributed by atoms with van der Waals surface area (Å²) in [6.07, 6.45) is 0. The van der Waals surface area contributed by atoms with E-state index in [0.29, 0.717) is 11.1 Å². The average Bonchev–Trinajstić information content (AvgIpc) is 2.66. The maximum absolute atomic E-state index is 12.0. The van der Waals surface area contributed by atoms with Crippen LogP contribution in [0.25, 0.3) is 10.8 Å². The van der Waals surface area contributed by atoms with E-state index in [9.17, 15) is 20.0 Å². The highest BCUT2D eigenvalue weighted by Crippen LogP contribution is 2.36. The number of phenolic OH excluding ortho intramolecular Hbond substituents is 1. The summed E-state index contributed by atoms with van der Waals surface area (Å²) >= 11 is 0. The summed E-state index contributed by atoms with van der Waals surface area (Å²) in [7, 11) is 1.47. The van der Waals surface area contributed by atoms with Gasteiger partial charge in [-0.15, -0.1) is 0 Å². The number of hydrogen-bond acceptors (Lipinski definition) is 4. The molecule has 7 nitrogen and oxygen atoms in total. The quantitative estimate of drug-likeness (QED) is 0.494. The second-order valence-electron chi connectivity index (χ2n) is 5.73. The molecule has 2 amide bonds. The van der Waals surface area contributed by atoms with Gasteiger partial charge in [0.2, 0.25) is 0 Å². The SMILES string of the molecule is CNC(=O)NC(c1cccc([N+](=O)[O-])c1)c1c(O)ccc2ccccc12. The van der Waals surface area contributed by atoms with E-state index >= 15 is 0 Å². The number of urea groups is 1. The zero-order valence-electron chi connectivity index (χ0n) is 14.0. The summed E-state index contributed by atoms with van der Waals surface area (Å²) in [5.41, 5.74) is 0.882. The third-order valence-corrected chi connectivity index (χ3v) is 4.15. The number of benzene rings is 3. The molecule has 1 atom stereocenters. The molecule has 3 aromatic carbocycles. The molecule has 0 saturated heterocycles. The van der Waals surface area contributed by atoms with Crippen molar-refractivity contribution in [2.45, 2.75) is 6.04 Å². The van der Waals surface area contributed by atoms with E-state index in [4.69, 9.17) is 0 Å². The topological polar surface area (TPSA) is 104 Å². The lowest BCUT2D eigenvalue weighted by molar-refractivity contribution is -0.384. The van der Waals surface area contributed by atoms with Crippen molar-refractivity contribution in [2.75, 3.05) is 7.05 Å². The van der Waals surface area contributed by atoms with Crippen LogP contribution in [0.15, 0.2) is 60.7 Å². The number of amides is 2. The second-order valence-corrected chi connectivity index (χ2v) is 5.73. The van der Waals surface area contributed by atoms with Crippen molar-refractivity contribution >= 4 is 22.5 Å². The highest BCUT2D eigenvalue weighted by Gasteiger charge is 2.23. The molecule has 0 aliphatic heterocycles. The molecule has 0 fully saturated rings. The molecule has 1 unspecified atom stereocenters. The Labute approximate surface area is 149 Å². The van der Waals surface area contributed by atoms with Crippen molar-refractivity contribution < 1.29 is 14.8 Å². The minimum absolute atomic E-state index is 0.00314. The van der Waals surface area contributed by atoms with Gasteiger partial charge in [-0.25, -0.2) is 4.79 Å². The lowest BCUT2D eigenvalue weighted by Gasteiger charge is -2.22. The van der Waals surface area contributed by atoms with Gasteiger partial charge in [0.1, 0.15) is 5.75 Å². The molecule has 132 valence electrons. The maximum atomic E-state index is 12.0. The molecule has 3 N–H and O–H groups in total. The Morgan fingerprint density at radius 1 is 1.12 bits per heavy atom. The number of non-ortho nitro benzene ring substituents is 1. The molecular weight excluding hydrogens is 334 g/mol. The summed E-state index contributed by atoms with van der Waals surface area (Å²) in [5, 5.41) is 28.5. The van der Waals surface area contributed by atoms with E-state index < -0.39 is 17.0 Å². The summed E-state index contributed by atoms with van der Waals surface area (Å²) in [4.78, 5) is 22.6. The summed E-state index contributed by atoms with van der Waals surface area (Å²) < 4.78 is 0. The molecule has 0 aromatic heterocycles. The smallest absolute Gasteiger partial charge is 0.315 e. The molecule has 0 spiro atoms. The van der Waals surface area contributed by atoms with Crippen LogP contribution in [0.1, 0.15) is 17.2 Å². The predicted octanol–water partition coefficient (Wildman–Crippen LogP) is 3.47. The summed E-state index contributed by atoms with van der Waals surface area (Å²) in [6, 6.07) is 15.5. The van der Waals surface area contributed by atoms with E-state index in [0.717, 1.165) is 10.8 Å². The number of carbonyl (C=O) groups excluding carboxylic acids is 1. The molecular formula is C19H17N3O4. The van der Waals surface area contributed by atoms with Gasteiger partial charge in [0, 0.05) is 24.7 Å². The van der Waals surface area contributed by atoms with Crippen LogP contribution in [0, 0.1) is 10.1 Å². The van der Waals surface area contributed by atoms with Crippen molar-refractivity contribution in [3.63, 3.8) is 0 Å². The number of phenols is 1. The average molecular weight is 351 g/mol. The van der Waals surface area contributed by atoms with E-state index in [1.807, 2.05) is 24.3 Å². The summed E-state index contributed by atoms with van der Waals surface area (Å²) in [5.74, 6) is -0.00314. The van der Waals surface area contributed by atoms with E-state index in [1.54, 1.807) is 24.3 Å². The van der Waals surface area contributed by atoms with Crippen molar-refractivity contribution in [2.24, 2.45) is 0 Å².